The molecule has 0 aliphatic carbocycles. The van der Waals surface area contributed by atoms with E-state index in [0.29, 0.717) is 12.8 Å². The molecule has 0 aromatic heterocycles. The van der Waals surface area contributed by atoms with Crippen molar-refractivity contribution in [1.29, 1.82) is 0 Å². The number of carbonyl (C=O) groups is 1. The summed E-state index contributed by atoms with van der Waals surface area (Å²) in [6, 6.07) is -0.976. The van der Waals surface area contributed by atoms with Crippen LogP contribution in [0.25, 0.3) is 0 Å². The Morgan fingerprint density at radius 1 is 0.562 bits per heavy atom. The summed E-state index contributed by atoms with van der Waals surface area (Å²) in [6.07, 6.45) is 44.1. The second-order valence-electron chi connectivity index (χ2n) is 14.3. The number of allylic oxidation sites excluding steroid dienone is 4. The van der Waals surface area contributed by atoms with E-state index in [2.05, 4.69) is 43.5 Å². The normalized spacial score (nSPS) is 13.5. The van der Waals surface area contributed by atoms with Crippen LogP contribution >= 0.6 is 0 Å². The van der Waals surface area contributed by atoms with E-state index in [9.17, 15) is 22.9 Å². The Kier molecular flexibility index (Phi) is 34.8. The van der Waals surface area contributed by atoms with Crippen LogP contribution in [0.2, 0.25) is 0 Å². The van der Waals surface area contributed by atoms with Crippen molar-refractivity contribution in [2.75, 3.05) is 5.75 Å². The molecule has 0 bridgehead atoms. The average Bonchev–Trinajstić information content (AvgIpc) is 3.05. The molecule has 1 amide bonds. The van der Waals surface area contributed by atoms with Gasteiger partial charge in [0.05, 0.1) is 17.9 Å². The Morgan fingerprint density at radius 3 is 1.40 bits per heavy atom. The molecule has 0 aromatic carbocycles. The molecule has 3 N–H and O–H groups in total. The molecule has 48 heavy (non-hydrogen) atoms. The maximum Gasteiger partial charge on any atom is 0.266 e. The fourth-order valence-electron chi connectivity index (χ4n) is 6.31. The minimum Gasteiger partial charge on any atom is -0.391 e. The highest BCUT2D eigenvalue weighted by Gasteiger charge is 2.26. The Labute approximate surface area is 298 Å². The van der Waals surface area contributed by atoms with E-state index in [1.165, 1.54) is 122 Å². The molecule has 0 rings (SSSR count). The third-order valence-corrected chi connectivity index (χ3v) is 10.2. The van der Waals surface area contributed by atoms with Crippen molar-refractivity contribution in [3.8, 4) is 0 Å². The van der Waals surface area contributed by atoms with Crippen LogP contribution in [-0.4, -0.2) is 41.9 Å². The van der Waals surface area contributed by atoms with Crippen LogP contribution in [0.3, 0.4) is 0 Å². The van der Waals surface area contributed by atoms with Gasteiger partial charge >= 0.3 is 0 Å². The average molecular weight is 698 g/mol. The zero-order valence-electron chi connectivity index (χ0n) is 31.6. The zero-order chi connectivity index (χ0) is 35.4. The Morgan fingerprint density at radius 2 is 0.938 bits per heavy atom. The highest BCUT2D eigenvalue weighted by Crippen LogP contribution is 2.16. The first-order valence-electron chi connectivity index (χ1n) is 20.5. The SMILES string of the molecule is CCCCC/C=C\C/C=C\CCCCCCCC(=O)NC(CS(=O)(=O)O)C(O)CCCCCCCCCCCCCCCCCCCC. The molecular formula is C41H79NO5S. The fourth-order valence-corrected chi connectivity index (χ4v) is 7.07. The van der Waals surface area contributed by atoms with Crippen molar-refractivity contribution in [2.45, 2.75) is 225 Å². The molecule has 2 atom stereocenters. The summed E-state index contributed by atoms with van der Waals surface area (Å²) in [5.74, 6) is -0.910. The van der Waals surface area contributed by atoms with E-state index >= 15 is 0 Å². The number of aliphatic hydroxyl groups excluding tert-OH is 1. The summed E-state index contributed by atoms with van der Waals surface area (Å²) in [6.45, 7) is 4.50. The van der Waals surface area contributed by atoms with Gasteiger partial charge in [-0.1, -0.05) is 186 Å². The van der Waals surface area contributed by atoms with Crippen molar-refractivity contribution in [3.63, 3.8) is 0 Å². The van der Waals surface area contributed by atoms with Gasteiger partial charge in [0, 0.05) is 6.42 Å². The van der Waals surface area contributed by atoms with Gasteiger partial charge in [0.1, 0.15) is 0 Å². The van der Waals surface area contributed by atoms with Crippen molar-refractivity contribution in [3.05, 3.63) is 24.3 Å². The van der Waals surface area contributed by atoms with E-state index in [1.807, 2.05) is 0 Å². The molecule has 0 fully saturated rings. The van der Waals surface area contributed by atoms with Crippen molar-refractivity contribution in [2.24, 2.45) is 0 Å². The van der Waals surface area contributed by atoms with Crippen LogP contribution in [-0.2, 0) is 14.9 Å². The van der Waals surface area contributed by atoms with Gasteiger partial charge in [-0.3, -0.25) is 9.35 Å². The third-order valence-electron chi connectivity index (χ3n) is 9.41. The maximum atomic E-state index is 12.5. The Balaban J connectivity index is 3.87. The second kappa shape index (κ2) is 35.6. The summed E-state index contributed by atoms with van der Waals surface area (Å²) in [5, 5.41) is 13.3. The second-order valence-corrected chi connectivity index (χ2v) is 15.8. The number of hydrogen-bond acceptors (Lipinski definition) is 4. The van der Waals surface area contributed by atoms with Gasteiger partial charge in [0.2, 0.25) is 5.91 Å². The quantitative estimate of drug-likeness (QED) is 0.0340. The minimum absolute atomic E-state index is 0.258. The topological polar surface area (TPSA) is 104 Å². The van der Waals surface area contributed by atoms with Gasteiger partial charge in [-0.2, -0.15) is 8.42 Å². The first-order chi connectivity index (χ1) is 23.3. The summed E-state index contributed by atoms with van der Waals surface area (Å²) >= 11 is 0. The van der Waals surface area contributed by atoms with Crippen LogP contribution < -0.4 is 5.32 Å². The first kappa shape index (κ1) is 46.8. The van der Waals surface area contributed by atoms with Gasteiger partial charge in [0.25, 0.3) is 10.1 Å². The molecule has 284 valence electrons. The molecule has 0 radical (unpaired) electrons. The van der Waals surface area contributed by atoms with E-state index in [0.717, 1.165) is 64.2 Å². The Bertz CT molecular complexity index is 857. The number of carbonyl (C=O) groups excluding carboxylic acids is 1. The maximum absolute atomic E-state index is 12.5. The standard InChI is InChI=1S/C41H79NO5S/c1-3-5-7-9-11-13-15-17-19-20-21-23-24-26-28-30-32-34-36-40(43)39(38-48(45,46)47)42-41(44)37-35-33-31-29-27-25-22-18-16-14-12-10-8-6-4-2/h12,14,18,22,39-40,43H,3-11,13,15-17,19-21,23-38H2,1-2H3,(H,42,44)(H,45,46,47)/b14-12-,22-18-. The summed E-state index contributed by atoms with van der Waals surface area (Å²) in [7, 11) is -4.31. The number of nitrogens with one attached hydrogen (secondary N) is 1. The molecule has 0 saturated carbocycles. The number of aliphatic hydroxyl groups is 1. The van der Waals surface area contributed by atoms with Crippen molar-refractivity contribution >= 4 is 16.0 Å². The molecule has 6 nitrogen and oxygen atoms in total. The lowest BCUT2D eigenvalue weighted by molar-refractivity contribution is -0.122. The molecule has 7 heteroatoms. The summed E-state index contributed by atoms with van der Waals surface area (Å²) in [5.41, 5.74) is 0. The van der Waals surface area contributed by atoms with E-state index in [4.69, 9.17) is 0 Å². The summed E-state index contributed by atoms with van der Waals surface area (Å²) < 4.78 is 32.5. The highest BCUT2D eigenvalue weighted by molar-refractivity contribution is 7.85. The van der Waals surface area contributed by atoms with E-state index in [1.54, 1.807) is 0 Å². The van der Waals surface area contributed by atoms with Gasteiger partial charge in [-0.05, 0) is 44.9 Å². The molecule has 0 heterocycles. The van der Waals surface area contributed by atoms with E-state index < -0.39 is 28.0 Å². The minimum atomic E-state index is -4.31. The fraction of sp³-hybridized carbons (Fsp3) is 0.878. The molecule has 0 aliphatic rings. The molecule has 0 saturated heterocycles. The van der Waals surface area contributed by atoms with Crippen molar-refractivity contribution in [1.82, 2.24) is 5.32 Å². The van der Waals surface area contributed by atoms with Crippen LogP contribution in [0.4, 0.5) is 0 Å². The smallest absolute Gasteiger partial charge is 0.266 e. The van der Waals surface area contributed by atoms with Gasteiger partial charge in [-0.15, -0.1) is 0 Å². The summed E-state index contributed by atoms with van der Waals surface area (Å²) in [4.78, 5) is 12.5. The van der Waals surface area contributed by atoms with Crippen LogP contribution in [0.15, 0.2) is 24.3 Å². The molecule has 0 aromatic rings. The number of rotatable bonds is 37. The highest BCUT2D eigenvalue weighted by atomic mass is 32.2. The lowest BCUT2D eigenvalue weighted by atomic mass is 10.0. The number of unbranched alkanes of at least 4 members (excludes halogenated alkanes) is 25. The van der Waals surface area contributed by atoms with Gasteiger partial charge < -0.3 is 10.4 Å². The zero-order valence-corrected chi connectivity index (χ0v) is 32.4. The van der Waals surface area contributed by atoms with Crippen LogP contribution in [0, 0.1) is 0 Å². The molecule has 0 aliphatic heterocycles. The largest absolute Gasteiger partial charge is 0.391 e. The lowest BCUT2D eigenvalue weighted by Gasteiger charge is -2.23. The number of amides is 1. The van der Waals surface area contributed by atoms with Crippen LogP contribution in [0.1, 0.15) is 213 Å². The van der Waals surface area contributed by atoms with Crippen molar-refractivity contribution < 1.29 is 22.9 Å². The lowest BCUT2D eigenvalue weighted by Crippen LogP contribution is -2.47. The predicted octanol–water partition coefficient (Wildman–Crippen LogP) is 12.0. The van der Waals surface area contributed by atoms with Crippen LogP contribution in [0.5, 0.6) is 0 Å². The molecule has 0 spiro atoms. The number of hydrogen-bond donors (Lipinski definition) is 3. The monoisotopic (exact) mass is 698 g/mol. The van der Waals surface area contributed by atoms with E-state index in [-0.39, 0.29) is 5.91 Å². The first-order valence-corrected chi connectivity index (χ1v) is 22.1. The molecule has 2 unspecified atom stereocenters. The Hall–Kier alpha value is -1.18. The third kappa shape index (κ3) is 36.1. The molecular weight excluding hydrogens is 619 g/mol. The van der Waals surface area contributed by atoms with Gasteiger partial charge in [0.15, 0.2) is 0 Å². The predicted molar refractivity (Wildman–Crippen MR) is 207 cm³/mol. The van der Waals surface area contributed by atoms with Gasteiger partial charge in [-0.25, -0.2) is 0 Å².